The number of amides is 1. The average Bonchev–Trinajstić information content (AvgIpc) is 3.30. The summed E-state index contributed by atoms with van der Waals surface area (Å²) in [5, 5.41) is 35.5. The topological polar surface area (TPSA) is 139 Å². The van der Waals surface area contributed by atoms with Gasteiger partial charge in [-0.05, 0) is 41.2 Å². The molecule has 0 spiro atoms. The molecule has 4 aromatic carbocycles. The zero-order valence-corrected chi connectivity index (χ0v) is 19.5. The predicted molar refractivity (Wildman–Crippen MR) is 137 cm³/mol. The lowest BCUT2D eigenvalue weighted by atomic mass is 10.0. The molecule has 0 bridgehead atoms. The molecule has 11 heteroatoms. The van der Waals surface area contributed by atoms with Gasteiger partial charge in [0.15, 0.2) is 10.8 Å². The lowest BCUT2D eigenvalue weighted by Crippen LogP contribution is -2.13. The third kappa shape index (κ3) is 4.18. The SMILES string of the molecule is COc1ccccc1NC(=O)c1cc2ccccc2c(N=Nc2snc3ccc([N+](=O)[O-])cc23)c1O. The van der Waals surface area contributed by atoms with Gasteiger partial charge in [0, 0.05) is 22.9 Å². The Kier molecular flexibility index (Phi) is 5.97. The van der Waals surface area contributed by atoms with Gasteiger partial charge in [-0.1, -0.05) is 36.4 Å². The van der Waals surface area contributed by atoms with E-state index >= 15 is 0 Å². The molecule has 0 aliphatic rings. The van der Waals surface area contributed by atoms with Crippen molar-refractivity contribution in [1.29, 1.82) is 0 Å². The number of azo groups is 1. The number of nitrogens with one attached hydrogen (secondary N) is 1. The molecule has 5 aromatic rings. The van der Waals surface area contributed by atoms with Gasteiger partial charge in [-0.3, -0.25) is 14.9 Å². The van der Waals surface area contributed by atoms with Gasteiger partial charge in [-0.15, -0.1) is 10.2 Å². The maximum Gasteiger partial charge on any atom is 0.270 e. The Bertz CT molecular complexity index is 1680. The van der Waals surface area contributed by atoms with Crippen LogP contribution in [0.3, 0.4) is 0 Å². The minimum absolute atomic E-state index is 0.00152. The molecule has 1 heterocycles. The smallest absolute Gasteiger partial charge is 0.270 e. The number of rotatable bonds is 6. The third-order valence-electron chi connectivity index (χ3n) is 5.49. The Balaban J connectivity index is 1.58. The maximum absolute atomic E-state index is 13.1. The number of carbonyl (C=O) groups is 1. The van der Waals surface area contributed by atoms with E-state index in [2.05, 4.69) is 19.9 Å². The first-order valence-electron chi connectivity index (χ1n) is 10.6. The lowest BCUT2D eigenvalue weighted by molar-refractivity contribution is -0.384. The van der Waals surface area contributed by atoms with Crippen LogP contribution in [0.2, 0.25) is 0 Å². The second-order valence-corrected chi connectivity index (χ2v) is 8.40. The van der Waals surface area contributed by atoms with Crippen LogP contribution in [0.25, 0.3) is 21.7 Å². The molecular weight excluding hydrogens is 482 g/mol. The van der Waals surface area contributed by atoms with Crippen LogP contribution in [-0.4, -0.2) is 27.4 Å². The van der Waals surface area contributed by atoms with E-state index in [0.29, 0.717) is 38.1 Å². The number of benzene rings is 4. The molecule has 0 atom stereocenters. The second-order valence-electron chi connectivity index (χ2n) is 7.64. The summed E-state index contributed by atoms with van der Waals surface area (Å²) in [6.45, 7) is 0. The zero-order chi connectivity index (χ0) is 25.2. The number of hydrogen-bond acceptors (Lipinski definition) is 9. The number of nitro benzene ring substituents is 1. The molecule has 5 rings (SSSR count). The highest BCUT2D eigenvalue weighted by molar-refractivity contribution is 7.11. The van der Waals surface area contributed by atoms with Gasteiger partial charge < -0.3 is 15.2 Å². The van der Waals surface area contributed by atoms with Crippen LogP contribution in [0.15, 0.2) is 83.0 Å². The first-order valence-corrected chi connectivity index (χ1v) is 11.4. The van der Waals surface area contributed by atoms with Crippen LogP contribution >= 0.6 is 11.5 Å². The fourth-order valence-electron chi connectivity index (χ4n) is 3.73. The fourth-order valence-corrected chi connectivity index (χ4v) is 4.41. The number of hydrogen-bond donors (Lipinski definition) is 2. The first-order chi connectivity index (χ1) is 17.5. The standard InChI is InChI=1S/C25H17N5O5S/c1-35-21-9-5-4-8-20(21)26-24(32)18-12-14-6-2-3-7-16(14)22(23(18)31)27-28-25-17-13-15(30(33)34)10-11-19(17)29-36-25/h2-13,31H,1H3,(H,26,32). The van der Waals surface area contributed by atoms with Crippen molar-refractivity contribution in [2.24, 2.45) is 10.2 Å². The quantitative estimate of drug-likeness (QED) is 0.151. The Hall–Kier alpha value is -4.90. The summed E-state index contributed by atoms with van der Waals surface area (Å²) in [6.07, 6.45) is 0. The monoisotopic (exact) mass is 499 g/mol. The van der Waals surface area contributed by atoms with Gasteiger partial charge in [0.05, 0.1) is 28.8 Å². The summed E-state index contributed by atoms with van der Waals surface area (Å²) in [5.74, 6) is -0.445. The van der Waals surface area contributed by atoms with Gasteiger partial charge in [-0.2, -0.15) is 4.37 Å². The fraction of sp³-hybridized carbons (Fsp3) is 0.0400. The number of nitrogens with zero attached hydrogens (tertiary/aromatic N) is 4. The van der Waals surface area contributed by atoms with Crippen LogP contribution in [0.5, 0.6) is 11.5 Å². The van der Waals surface area contributed by atoms with Crippen molar-refractivity contribution >= 4 is 61.2 Å². The number of aromatic hydroxyl groups is 1. The van der Waals surface area contributed by atoms with E-state index in [9.17, 15) is 20.0 Å². The number of phenolic OH excluding ortho intramolecular Hbond substituents is 1. The van der Waals surface area contributed by atoms with Crippen LogP contribution < -0.4 is 10.1 Å². The Morgan fingerprint density at radius 1 is 1.06 bits per heavy atom. The summed E-state index contributed by atoms with van der Waals surface area (Å²) >= 11 is 1.02. The van der Waals surface area contributed by atoms with Gasteiger partial charge >= 0.3 is 0 Å². The summed E-state index contributed by atoms with van der Waals surface area (Å²) in [5.41, 5.74) is 0.975. The van der Waals surface area contributed by atoms with E-state index in [1.165, 1.54) is 19.2 Å². The number of nitro groups is 1. The highest BCUT2D eigenvalue weighted by Gasteiger charge is 2.20. The van der Waals surface area contributed by atoms with Gasteiger partial charge in [0.25, 0.3) is 11.6 Å². The van der Waals surface area contributed by atoms with E-state index < -0.39 is 10.8 Å². The van der Waals surface area contributed by atoms with Crippen molar-refractivity contribution in [2.45, 2.75) is 0 Å². The summed E-state index contributed by atoms with van der Waals surface area (Å²) in [6, 6.07) is 19.9. The summed E-state index contributed by atoms with van der Waals surface area (Å²) in [4.78, 5) is 23.8. The molecule has 1 aromatic heterocycles. The molecule has 36 heavy (non-hydrogen) atoms. The molecule has 178 valence electrons. The number of anilines is 1. The molecule has 0 saturated carbocycles. The molecule has 0 unspecified atom stereocenters. The number of methoxy groups -OCH3 is 1. The van der Waals surface area contributed by atoms with Crippen LogP contribution in [-0.2, 0) is 0 Å². The zero-order valence-electron chi connectivity index (χ0n) is 18.7. The molecule has 0 aliphatic carbocycles. The van der Waals surface area contributed by atoms with Crippen molar-refractivity contribution in [3.05, 3.63) is 88.5 Å². The molecular formula is C25H17N5O5S. The average molecular weight is 500 g/mol. The molecule has 10 nitrogen and oxygen atoms in total. The highest BCUT2D eigenvalue weighted by atomic mass is 32.1. The normalized spacial score (nSPS) is 11.2. The van der Waals surface area contributed by atoms with E-state index in [4.69, 9.17) is 4.74 Å². The second kappa shape index (κ2) is 9.39. The van der Waals surface area contributed by atoms with Crippen LogP contribution in [0, 0.1) is 10.1 Å². The Morgan fingerprint density at radius 3 is 2.64 bits per heavy atom. The number of ether oxygens (including phenoxy) is 1. The van der Waals surface area contributed by atoms with Gasteiger partial charge in [0.2, 0.25) is 0 Å². The van der Waals surface area contributed by atoms with Crippen LogP contribution in [0.4, 0.5) is 22.1 Å². The van der Waals surface area contributed by atoms with Gasteiger partial charge in [0.1, 0.15) is 11.4 Å². The number of aromatic nitrogens is 1. The molecule has 0 aliphatic heterocycles. The largest absolute Gasteiger partial charge is 0.505 e. The maximum atomic E-state index is 13.1. The number of para-hydroxylation sites is 2. The summed E-state index contributed by atoms with van der Waals surface area (Å²) in [7, 11) is 1.49. The van der Waals surface area contributed by atoms with E-state index in [1.54, 1.807) is 60.7 Å². The first kappa shape index (κ1) is 22.9. The van der Waals surface area contributed by atoms with Crippen molar-refractivity contribution < 1.29 is 19.6 Å². The molecule has 1 amide bonds. The predicted octanol–water partition coefficient (Wildman–Crippen LogP) is 6.74. The van der Waals surface area contributed by atoms with E-state index in [1.807, 2.05) is 0 Å². The lowest BCUT2D eigenvalue weighted by Gasteiger charge is -2.13. The van der Waals surface area contributed by atoms with Gasteiger partial charge in [-0.25, -0.2) is 0 Å². The highest BCUT2D eigenvalue weighted by Crippen LogP contribution is 2.41. The minimum atomic E-state index is -0.557. The van der Waals surface area contributed by atoms with E-state index in [0.717, 1.165) is 11.5 Å². The van der Waals surface area contributed by atoms with Crippen molar-refractivity contribution in [2.75, 3.05) is 12.4 Å². The van der Waals surface area contributed by atoms with Crippen molar-refractivity contribution in [1.82, 2.24) is 4.37 Å². The minimum Gasteiger partial charge on any atom is -0.505 e. The molecule has 0 fully saturated rings. The number of phenols is 1. The molecule has 0 saturated heterocycles. The Labute approximate surface area is 207 Å². The van der Waals surface area contributed by atoms with E-state index in [-0.39, 0.29) is 22.7 Å². The number of carbonyl (C=O) groups excluding carboxylic acids is 1. The Morgan fingerprint density at radius 2 is 1.83 bits per heavy atom. The molecule has 0 radical (unpaired) electrons. The van der Waals surface area contributed by atoms with Crippen molar-refractivity contribution in [3.8, 4) is 11.5 Å². The summed E-state index contributed by atoms with van der Waals surface area (Å²) < 4.78 is 9.54. The molecule has 2 N–H and O–H groups in total. The number of non-ortho nitro benzene ring substituents is 1. The van der Waals surface area contributed by atoms with Crippen molar-refractivity contribution in [3.63, 3.8) is 0 Å². The number of fused-ring (bicyclic) bond motifs is 2. The third-order valence-corrected chi connectivity index (χ3v) is 6.25. The van der Waals surface area contributed by atoms with Crippen LogP contribution in [0.1, 0.15) is 10.4 Å².